The van der Waals surface area contributed by atoms with Crippen LogP contribution in [0.1, 0.15) is 19.4 Å². The van der Waals surface area contributed by atoms with Crippen LogP contribution in [-0.2, 0) is 30.3 Å². The monoisotopic (exact) mass is 341 g/mol. The van der Waals surface area contributed by atoms with E-state index < -0.39 is 15.9 Å². The van der Waals surface area contributed by atoms with Crippen molar-refractivity contribution in [1.82, 2.24) is 4.90 Å². The lowest BCUT2D eigenvalue weighted by molar-refractivity contribution is -0.163. The Balaban J connectivity index is 1.75. The average molecular weight is 341 g/mol. The van der Waals surface area contributed by atoms with Crippen LogP contribution in [0.3, 0.4) is 0 Å². The molecule has 6 nitrogen and oxygen atoms in total. The van der Waals surface area contributed by atoms with E-state index >= 15 is 0 Å². The molecule has 0 N–H and O–H groups in total. The maximum Gasteiger partial charge on any atom is 0.264 e. The van der Waals surface area contributed by atoms with E-state index in [0.29, 0.717) is 13.1 Å². The number of rotatable bonds is 5. The van der Waals surface area contributed by atoms with Gasteiger partial charge in [-0.1, -0.05) is 30.3 Å². The van der Waals surface area contributed by atoms with Crippen LogP contribution >= 0.6 is 0 Å². The van der Waals surface area contributed by atoms with Crippen LogP contribution in [0.25, 0.3) is 0 Å². The molecule has 0 radical (unpaired) electrons. The lowest BCUT2D eigenvalue weighted by atomic mass is 10.1. The maximum atomic E-state index is 11.4. The number of ether oxygens (including phenoxy) is 2. The molecule has 2 saturated heterocycles. The standard InChI is InChI=1S/C16H23NO5S/c1-16(2)21-14-10-17(9-12-7-5-4-6-8-12)13(15(14)22-16)11-20-23(3,18)19/h4-8,13-15H,9-11H2,1-3H3/t13-,14-,15+/m0/s1. The Morgan fingerprint density at radius 2 is 1.96 bits per heavy atom. The van der Waals surface area contributed by atoms with Crippen molar-refractivity contribution in [2.45, 2.75) is 44.4 Å². The van der Waals surface area contributed by atoms with Gasteiger partial charge in [-0.05, 0) is 19.4 Å². The van der Waals surface area contributed by atoms with Gasteiger partial charge in [-0.15, -0.1) is 0 Å². The molecule has 0 bridgehead atoms. The van der Waals surface area contributed by atoms with Crippen molar-refractivity contribution in [2.75, 3.05) is 19.4 Å². The van der Waals surface area contributed by atoms with E-state index in [0.717, 1.165) is 11.8 Å². The van der Waals surface area contributed by atoms with Crippen LogP contribution in [0.15, 0.2) is 30.3 Å². The Labute approximate surface area is 137 Å². The third-order valence-corrected chi connectivity index (χ3v) is 4.73. The second-order valence-electron chi connectivity index (χ2n) is 6.61. The average Bonchev–Trinajstić information content (AvgIpc) is 2.88. The van der Waals surface area contributed by atoms with Crippen molar-refractivity contribution >= 4 is 10.1 Å². The van der Waals surface area contributed by atoms with E-state index in [1.807, 2.05) is 44.2 Å². The lowest BCUT2D eigenvalue weighted by Gasteiger charge is -2.29. The van der Waals surface area contributed by atoms with Crippen molar-refractivity contribution < 1.29 is 22.1 Å². The number of likely N-dealkylation sites (tertiary alicyclic amines) is 1. The minimum Gasteiger partial charge on any atom is -0.343 e. The zero-order valence-corrected chi connectivity index (χ0v) is 14.5. The number of hydrogen-bond acceptors (Lipinski definition) is 6. The highest BCUT2D eigenvalue weighted by molar-refractivity contribution is 7.85. The normalized spacial score (nSPS) is 30.5. The molecule has 7 heteroatoms. The Morgan fingerprint density at radius 3 is 2.61 bits per heavy atom. The Morgan fingerprint density at radius 1 is 1.26 bits per heavy atom. The second kappa shape index (κ2) is 6.14. The van der Waals surface area contributed by atoms with Gasteiger partial charge in [-0.3, -0.25) is 9.08 Å². The first-order chi connectivity index (χ1) is 10.7. The van der Waals surface area contributed by atoms with Crippen molar-refractivity contribution in [3.8, 4) is 0 Å². The smallest absolute Gasteiger partial charge is 0.264 e. The predicted molar refractivity (Wildman–Crippen MR) is 85.3 cm³/mol. The summed E-state index contributed by atoms with van der Waals surface area (Å²) in [5.74, 6) is -0.641. The van der Waals surface area contributed by atoms with Crippen molar-refractivity contribution in [3.05, 3.63) is 35.9 Å². The third-order valence-electron chi connectivity index (χ3n) is 4.17. The molecule has 2 heterocycles. The van der Waals surface area contributed by atoms with Crippen molar-refractivity contribution in [1.29, 1.82) is 0 Å². The molecule has 0 amide bonds. The molecule has 3 atom stereocenters. The molecule has 0 unspecified atom stereocenters. The van der Waals surface area contributed by atoms with Gasteiger partial charge in [0, 0.05) is 13.1 Å². The molecule has 0 spiro atoms. The SMILES string of the molecule is CC1(C)O[C@H]2[C@H](CN(Cc3ccccc3)[C@H]2COS(C)(=O)=O)O1. The Kier molecular flexibility index (Phi) is 4.50. The molecule has 2 fully saturated rings. The fourth-order valence-electron chi connectivity index (χ4n) is 3.30. The van der Waals surface area contributed by atoms with E-state index in [2.05, 4.69) is 4.90 Å². The number of benzene rings is 1. The fraction of sp³-hybridized carbons (Fsp3) is 0.625. The first-order valence-corrected chi connectivity index (χ1v) is 9.53. The predicted octanol–water partition coefficient (Wildman–Crippen LogP) is 1.37. The van der Waals surface area contributed by atoms with Crippen LogP contribution in [0.2, 0.25) is 0 Å². The van der Waals surface area contributed by atoms with Gasteiger partial charge in [0.25, 0.3) is 10.1 Å². The lowest BCUT2D eigenvalue weighted by Crippen LogP contribution is -2.41. The van der Waals surface area contributed by atoms with Crippen LogP contribution in [0.5, 0.6) is 0 Å². The van der Waals surface area contributed by atoms with Gasteiger partial charge in [0.2, 0.25) is 0 Å². The highest BCUT2D eigenvalue weighted by Crippen LogP contribution is 2.37. The van der Waals surface area contributed by atoms with Crippen molar-refractivity contribution in [2.24, 2.45) is 0 Å². The van der Waals surface area contributed by atoms with Crippen molar-refractivity contribution in [3.63, 3.8) is 0 Å². The van der Waals surface area contributed by atoms with Gasteiger partial charge in [-0.2, -0.15) is 8.42 Å². The summed E-state index contributed by atoms with van der Waals surface area (Å²) in [7, 11) is -3.49. The van der Waals surface area contributed by atoms with Gasteiger partial charge < -0.3 is 9.47 Å². The Hall–Kier alpha value is -0.990. The largest absolute Gasteiger partial charge is 0.343 e. The van der Waals surface area contributed by atoms with E-state index in [4.69, 9.17) is 13.7 Å². The minimum atomic E-state index is -3.49. The molecule has 0 saturated carbocycles. The van der Waals surface area contributed by atoms with Gasteiger partial charge >= 0.3 is 0 Å². The molecule has 23 heavy (non-hydrogen) atoms. The summed E-state index contributed by atoms with van der Waals surface area (Å²) in [6.07, 6.45) is 0.814. The van der Waals surface area contributed by atoms with Crippen LogP contribution < -0.4 is 0 Å². The first-order valence-electron chi connectivity index (χ1n) is 7.71. The molecule has 0 aliphatic carbocycles. The van der Waals surface area contributed by atoms with Gasteiger partial charge in [0.15, 0.2) is 5.79 Å². The fourth-order valence-corrected chi connectivity index (χ4v) is 3.68. The van der Waals surface area contributed by atoms with Gasteiger partial charge in [0.05, 0.1) is 18.9 Å². The van der Waals surface area contributed by atoms with Crippen LogP contribution in [0, 0.1) is 0 Å². The third kappa shape index (κ3) is 4.10. The molecule has 128 valence electrons. The second-order valence-corrected chi connectivity index (χ2v) is 8.25. The van der Waals surface area contributed by atoms with Gasteiger partial charge in [0.1, 0.15) is 12.2 Å². The van der Waals surface area contributed by atoms with E-state index in [-0.39, 0.29) is 24.9 Å². The summed E-state index contributed by atoms with van der Waals surface area (Å²) in [6.45, 7) is 5.23. The highest BCUT2D eigenvalue weighted by atomic mass is 32.2. The topological polar surface area (TPSA) is 65.1 Å². The summed E-state index contributed by atoms with van der Waals surface area (Å²) in [5.41, 5.74) is 1.16. The zero-order chi connectivity index (χ0) is 16.7. The Bertz CT molecular complexity index is 646. The van der Waals surface area contributed by atoms with E-state index in [9.17, 15) is 8.42 Å². The number of fused-ring (bicyclic) bond motifs is 1. The van der Waals surface area contributed by atoms with E-state index in [1.165, 1.54) is 0 Å². The first kappa shape index (κ1) is 16.9. The quantitative estimate of drug-likeness (QED) is 0.754. The number of nitrogens with zero attached hydrogens (tertiary/aromatic N) is 1. The summed E-state index contributed by atoms with van der Waals surface area (Å²) < 4.78 is 39.7. The molecular formula is C16H23NO5S. The van der Waals surface area contributed by atoms with Crippen LogP contribution in [0.4, 0.5) is 0 Å². The molecule has 1 aromatic rings. The summed E-state index contributed by atoms with van der Waals surface area (Å²) in [6, 6.07) is 9.90. The maximum absolute atomic E-state index is 11.4. The molecular weight excluding hydrogens is 318 g/mol. The number of hydrogen-bond donors (Lipinski definition) is 0. The molecule has 0 aromatic heterocycles. The molecule has 1 aromatic carbocycles. The minimum absolute atomic E-state index is 0.0677. The molecule has 2 aliphatic heterocycles. The molecule has 2 aliphatic rings. The summed E-state index contributed by atoms with van der Waals surface area (Å²) in [4.78, 5) is 2.17. The highest BCUT2D eigenvalue weighted by Gasteiger charge is 2.52. The van der Waals surface area contributed by atoms with E-state index in [1.54, 1.807) is 0 Å². The summed E-state index contributed by atoms with van der Waals surface area (Å²) >= 11 is 0. The molecule has 3 rings (SSSR count). The van der Waals surface area contributed by atoms with Crippen LogP contribution in [-0.4, -0.2) is 56.8 Å². The summed E-state index contributed by atoms with van der Waals surface area (Å²) in [5, 5.41) is 0. The van der Waals surface area contributed by atoms with Gasteiger partial charge in [-0.25, -0.2) is 0 Å². The zero-order valence-electron chi connectivity index (χ0n) is 13.6.